The standard InChI is InChI=1S/C15H18FN3O/c1-15(16,11-20)19-9-7-18(8-10-19)13-4-2-3-12-5-6-17-14(12)13/h2-6,11,17H,7-10H2,1H3. The first-order valence-electron chi connectivity index (χ1n) is 6.83. The van der Waals surface area contributed by atoms with Crippen molar-refractivity contribution in [3.05, 3.63) is 30.5 Å². The number of para-hydroxylation sites is 1. The van der Waals surface area contributed by atoms with Crippen molar-refractivity contribution in [3.63, 3.8) is 0 Å². The zero-order chi connectivity index (χ0) is 14.2. The molecule has 1 aromatic carbocycles. The van der Waals surface area contributed by atoms with E-state index in [0.29, 0.717) is 32.5 Å². The maximum absolute atomic E-state index is 14.0. The molecule has 1 unspecified atom stereocenters. The Kier molecular flexibility index (Phi) is 3.22. The molecule has 1 saturated heterocycles. The summed E-state index contributed by atoms with van der Waals surface area (Å²) in [6, 6.07) is 8.21. The number of aromatic amines is 1. The lowest BCUT2D eigenvalue weighted by Crippen LogP contribution is -2.54. The summed E-state index contributed by atoms with van der Waals surface area (Å²) in [4.78, 5) is 17.9. The minimum Gasteiger partial charge on any atom is -0.367 e. The molecule has 0 radical (unpaired) electrons. The molecule has 106 valence electrons. The van der Waals surface area contributed by atoms with Gasteiger partial charge < -0.3 is 9.88 Å². The lowest BCUT2D eigenvalue weighted by Gasteiger charge is -2.40. The van der Waals surface area contributed by atoms with Crippen molar-refractivity contribution in [2.75, 3.05) is 31.1 Å². The molecule has 4 nitrogen and oxygen atoms in total. The van der Waals surface area contributed by atoms with E-state index in [0.717, 1.165) is 11.2 Å². The second-order valence-corrected chi connectivity index (χ2v) is 5.33. The molecule has 0 spiro atoms. The van der Waals surface area contributed by atoms with Crippen LogP contribution in [0.4, 0.5) is 10.1 Å². The number of carbonyl (C=O) groups is 1. The summed E-state index contributed by atoms with van der Waals surface area (Å²) in [6.45, 7) is 3.84. The smallest absolute Gasteiger partial charge is 0.217 e. The number of halogens is 1. The monoisotopic (exact) mass is 275 g/mol. The lowest BCUT2D eigenvalue weighted by atomic mass is 10.1. The highest BCUT2D eigenvalue weighted by Gasteiger charge is 2.33. The molecule has 2 heterocycles. The van der Waals surface area contributed by atoms with Crippen LogP contribution in [0.3, 0.4) is 0 Å². The molecule has 1 aromatic heterocycles. The second-order valence-electron chi connectivity index (χ2n) is 5.33. The van der Waals surface area contributed by atoms with Crippen LogP contribution in [0, 0.1) is 0 Å². The van der Waals surface area contributed by atoms with Gasteiger partial charge in [-0.2, -0.15) is 0 Å². The number of benzene rings is 1. The molecule has 0 aliphatic carbocycles. The molecule has 0 saturated carbocycles. The van der Waals surface area contributed by atoms with Crippen LogP contribution in [0.1, 0.15) is 6.92 Å². The fourth-order valence-corrected chi connectivity index (χ4v) is 2.79. The molecule has 2 aromatic rings. The number of carbonyl (C=O) groups excluding carboxylic acids is 1. The van der Waals surface area contributed by atoms with E-state index in [9.17, 15) is 9.18 Å². The Balaban J connectivity index is 1.78. The van der Waals surface area contributed by atoms with Crippen molar-refractivity contribution in [2.24, 2.45) is 0 Å². The Hall–Kier alpha value is -1.88. The summed E-state index contributed by atoms with van der Waals surface area (Å²) < 4.78 is 14.0. The number of nitrogens with zero attached hydrogens (tertiary/aromatic N) is 2. The van der Waals surface area contributed by atoms with E-state index in [-0.39, 0.29) is 0 Å². The van der Waals surface area contributed by atoms with Crippen LogP contribution in [0.2, 0.25) is 0 Å². The summed E-state index contributed by atoms with van der Waals surface area (Å²) in [5.74, 6) is -1.86. The van der Waals surface area contributed by atoms with E-state index in [1.165, 1.54) is 12.3 Å². The van der Waals surface area contributed by atoms with Crippen molar-refractivity contribution in [2.45, 2.75) is 12.7 Å². The summed E-state index contributed by atoms with van der Waals surface area (Å²) in [6.07, 6.45) is 2.31. The van der Waals surface area contributed by atoms with Gasteiger partial charge in [-0.15, -0.1) is 0 Å². The molecule has 20 heavy (non-hydrogen) atoms. The first-order valence-corrected chi connectivity index (χ1v) is 6.83. The zero-order valence-corrected chi connectivity index (χ0v) is 11.5. The molecule has 1 fully saturated rings. The van der Waals surface area contributed by atoms with Gasteiger partial charge in [-0.25, -0.2) is 4.39 Å². The first-order chi connectivity index (χ1) is 9.62. The number of piperazine rings is 1. The van der Waals surface area contributed by atoms with E-state index < -0.39 is 5.79 Å². The minimum absolute atomic E-state index is 0.383. The third-order valence-corrected chi connectivity index (χ3v) is 4.02. The van der Waals surface area contributed by atoms with Gasteiger partial charge >= 0.3 is 0 Å². The van der Waals surface area contributed by atoms with E-state index in [1.807, 2.05) is 18.3 Å². The van der Waals surface area contributed by atoms with Crippen LogP contribution in [0.5, 0.6) is 0 Å². The van der Waals surface area contributed by atoms with E-state index in [1.54, 1.807) is 4.90 Å². The van der Waals surface area contributed by atoms with Crippen LogP contribution >= 0.6 is 0 Å². The van der Waals surface area contributed by atoms with Crippen LogP contribution < -0.4 is 4.90 Å². The summed E-state index contributed by atoms with van der Waals surface area (Å²) in [5, 5.41) is 1.17. The predicted molar refractivity (Wildman–Crippen MR) is 77.7 cm³/mol. The predicted octanol–water partition coefficient (Wildman–Crippen LogP) is 2.17. The van der Waals surface area contributed by atoms with Gasteiger partial charge in [0.25, 0.3) is 0 Å². The van der Waals surface area contributed by atoms with Gasteiger partial charge in [0.05, 0.1) is 11.2 Å². The van der Waals surface area contributed by atoms with Crippen molar-refractivity contribution in [1.82, 2.24) is 9.88 Å². The number of nitrogens with one attached hydrogen (secondary N) is 1. The number of anilines is 1. The zero-order valence-electron chi connectivity index (χ0n) is 11.5. The van der Waals surface area contributed by atoms with Crippen molar-refractivity contribution < 1.29 is 9.18 Å². The highest BCUT2D eigenvalue weighted by atomic mass is 19.1. The Morgan fingerprint density at radius 2 is 2.00 bits per heavy atom. The van der Waals surface area contributed by atoms with Crippen LogP contribution in [-0.2, 0) is 4.79 Å². The number of hydrogen-bond acceptors (Lipinski definition) is 3. The van der Waals surface area contributed by atoms with Gasteiger partial charge in [-0.3, -0.25) is 9.69 Å². The van der Waals surface area contributed by atoms with Crippen LogP contribution in [0.15, 0.2) is 30.5 Å². The number of aldehydes is 1. The molecular weight excluding hydrogens is 257 g/mol. The maximum Gasteiger partial charge on any atom is 0.217 e. The molecule has 1 aliphatic heterocycles. The van der Waals surface area contributed by atoms with Gasteiger partial charge in [0.2, 0.25) is 5.79 Å². The number of rotatable bonds is 3. The van der Waals surface area contributed by atoms with Crippen LogP contribution in [-0.4, -0.2) is 48.1 Å². The van der Waals surface area contributed by atoms with Crippen molar-refractivity contribution in [3.8, 4) is 0 Å². The third-order valence-electron chi connectivity index (χ3n) is 4.02. The summed E-state index contributed by atoms with van der Waals surface area (Å²) in [5.41, 5.74) is 2.25. The number of alkyl halides is 1. The van der Waals surface area contributed by atoms with E-state index >= 15 is 0 Å². The third kappa shape index (κ3) is 2.18. The average molecular weight is 275 g/mol. The highest BCUT2D eigenvalue weighted by molar-refractivity contribution is 5.91. The van der Waals surface area contributed by atoms with Gasteiger partial charge in [-0.1, -0.05) is 12.1 Å². The normalized spacial score (nSPS) is 20.0. The number of fused-ring (bicyclic) bond motifs is 1. The Morgan fingerprint density at radius 1 is 1.25 bits per heavy atom. The summed E-state index contributed by atoms with van der Waals surface area (Å²) >= 11 is 0. The number of aromatic nitrogens is 1. The van der Waals surface area contributed by atoms with Gasteiger partial charge in [0.15, 0.2) is 6.29 Å². The Morgan fingerprint density at radius 3 is 2.70 bits per heavy atom. The largest absolute Gasteiger partial charge is 0.367 e. The fraction of sp³-hybridized carbons (Fsp3) is 0.400. The fourth-order valence-electron chi connectivity index (χ4n) is 2.79. The molecule has 0 bridgehead atoms. The second kappa shape index (κ2) is 4.90. The van der Waals surface area contributed by atoms with Crippen molar-refractivity contribution in [1.29, 1.82) is 0 Å². The van der Waals surface area contributed by atoms with Crippen LogP contribution in [0.25, 0.3) is 10.9 Å². The molecule has 5 heteroatoms. The topological polar surface area (TPSA) is 39.3 Å². The van der Waals surface area contributed by atoms with Gasteiger partial charge in [0, 0.05) is 37.8 Å². The Labute approximate surface area is 117 Å². The number of H-pyrrole nitrogens is 1. The molecular formula is C15H18FN3O. The first kappa shape index (κ1) is 13.1. The maximum atomic E-state index is 14.0. The van der Waals surface area contributed by atoms with Gasteiger partial charge in [0.1, 0.15) is 0 Å². The lowest BCUT2D eigenvalue weighted by molar-refractivity contribution is -0.129. The molecule has 0 amide bonds. The molecule has 3 rings (SSSR count). The number of hydrogen-bond donors (Lipinski definition) is 1. The highest BCUT2D eigenvalue weighted by Crippen LogP contribution is 2.27. The Bertz CT molecular complexity index is 614. The molecule has 1 N–H and O–H groups in total. The quantitative estimate of drug-likeness (QED) is 0.689. The van der Waals surface area contributed by atoms with Crippen molar-refractivity contribution >= 4 is 22.9 Å². The average Bonchev–Trinajstić information content (AvgIpc) is 2.95. The molecule has 1 aliphatic rings. The van der Waals surface area contributed by atoms with Gasteiger partial charge in [-0.05, 0) is 19.1 Å². The molecule has 1 atom stereocenters. The van der Waals surface area contributed by atoms with E-state index in [2.05, 4.69) is 22.0 Å². The summed E-state index contributed by atoms with van der Waals surface area (Å²) in [7, 11) is 0. The SMILES string of the molecule is CC(F)(C=O)N1CCN(c2cccc3cc[nH]c23)CC1. The minimum atomic E-state index is -1.86. The van der Waals surface area contributed by atoms with E-state index in [4.69, 9.17) is 0 Å².